The van der Waals surface area contributed by atoms with Gasteiger partial charge in [0.1, 0.15) is 6.04 Å². The molecular formula is C16H25N3O3. The molecule has 1 N–H and O–H groups in total. The van der Waals surface area contributed by atoms with Gasteiger partial charge in [0, 0.05) is 11.5 Å². The predicted molar refractivity (Wildman–Crippen MR) is 80.3 cm³/mol. The molecule has 1 aromatic rings. The van der Waals surface area contributed by atoms with Gasteiger partial charge in [0.05, 0.1) is 6.54 Å². The highest BCUT2D eigenvalue weighted by atomic mass is 16.5. The first-order valence-electron chi connectivity index (χ1n) is 8.18. The lowest BCUT2D eigenvalue weighted by Gasteiger charge is -2.31. The van der Waals surface area contributed by atoms with Gasteiger partial charge in [-0.3, -0.25) is 9.69 Å². The van der Waals surface area contributed by atoms with E-state index in [1.807, 2.05) is 20.8 Å². The molecule has 2 aliphatic rings. The topological polar surface area (TPSA) is 79.5 Å². The maximum atomic E-state index is 11.6. The van der Waals surface area contributed by atoms with Gasteiger partial charge in [-0.2, -0.15) is 4.98 Å². The first-order chi connectivity index (χ1) is 10.4. The van der Waals surface area contributed by atoms with E-state index in [0.717, 1.165) is 19.3 Å². The van der Waals surface area contributed by atoms with Crippen LogP contribution in [-0.2, 0) is 16.8 Å². The molecular weight excluding hydrogens is 282 g/mol. The zero-order chi connectivity index (χ0) is 15.9. The Balaban J connectivity index is 1.79. The summed E-state index contributed by atoms with van der Waals surface area (Å²) in [4.78, 5) is 18.1. The Morgan fingerprint density at radius 3 is 2.73 bits per heavy atom. The maximum Gasteiger partial charge on any atom is 0.320 e. The Morgan fingerprint density at radius 2 is 2.09 bits per heavy atom. The SMILES string of the molecule is CC(C)(C)c1noc(CN2[C@H](C(=O)O)C[C@H]3CCCC[C@@H]32)n1. The van der Waals surface area contributed by atoms with Crippen molar-refractivity contribution in [3.8, 4) is 0 Å². The van der Waals surface area contributed by atoms with Gasteiger partial charge in [-0.25, -0.2) is 0 Å². The van der Waals surface area contributed by atoms with Crippen molar-refractivity contribution in [3.05, 3.63) is 11.7 Å². The van der Waals surface area contributed by atoms with Crippen LogP contribution in [-0.4, -0.2) is 38.2 Å². The van der Waals surface area contributed by atoms with Crippen molar-refractivity contribution < 1.29 is 14.4 Å². The number of carboxylic acid groups (broad SMARTS) is 1. The average Bonchev–Trinajstić information content (AvgIpc) is 3.04. The van der Waals surface area contributed by atoms with Crippen molar-refractivity contribution in [2.75, 3.05) is 0 Å². The third kappa shape index (κ3) is 2.89. The molecule has 1 aliphatic heterocycles. The van der Waals surface area contributed by atoms with Gasteiger partial charge in [0.15, 0.2) is 5.82 Å². The summed E-state index contributed by atoms with van der Waals surface area (Å²) in [5.41, 5.74) is -0.160. The van der Waals surface area contributed by atoms with Crippen LogP contribution in [0.4, 0.5) is 0 Å². The molecule has 0 radical (unpaired) electrons. The lowest BCUT2D eigenvalue weighted by molar-refractivity contribution is -0.143. The van der Waals surface area contributed by atoms with E-state index in [4.69, 9.17) is 4.52 Å². The third-order valence-electron chi connectivity index (χ3n) is 4.96. The highest BCUT2D eigenvalue weighted by Crippen LogP contribution is 2.40. The fourth-order valence-corrected chi connectivity index (χ4v) is 3.80. The van der Waals surface area contributed by atoms with Crippen LogP contribution in [0.25, 0.3) is 0 Å². The average molecular weight is 307 g/mol. The maximum absolute atomic E-state index is 11.6. The van der Waals surface area contributed by atoms with Crippen LogP contribution in [0.15, 0.2) is 4.52 Å². The van der Waals surface area contributed by atoms with E-state index in [1.54, 1.807) is 0 Å². The van der Waals surface area contributed by atoms with Gasteiger partial charge in [0.25, 0.3) is 0 Å². The van der Waals surface area contributed by atoms with Crippen molar-refractivity contribution in [1.82, 2.24) is 15.0 Å². The molecule has 22 heavy (non-hydrogen) atoms. The minimum Gasteiger partial charge on any atom is -0.480 e. The van der Waals surface area contributed by atoms with Gasteiger partial charge < -0.3 is 9.63 Å². The van der Waals surface area contributed by atoms with Crippen molar-refractivity contribution in [2.24, 2.45) is 5.92 Å². The van der Waals surface area contributed by atoms with E-state index >= 15 is 0 Å². The van der Waals surface area contributed by atoms with Crippen LogP contribution < -0.4 is 0 Å². The number of rotatable bonds is 3. The van der Waals surface area contributed by atoms with E-state index < -0.39 is 12.0 Å². The Hall–Kier alpha value is -1.43. The second kappa shape index (κ2) is 5.65. The number of carbonyl (C=O) groups is 1. The lowest BCUT2D eigenvalue weighted by Crippen LogP contribution is -2.41. The van der Waals surface area contributed by atoms with Crippen molar-refractivity contribution in [3.63, 3.8) is 0 Å². The Labute approximate surface area is 130 Å². The number of hydrogen-bond donors (Lipinski definition) is 1. The molecule has 3 atom stereocenters. The van der Waals surface area contributed by atoms with E-state index in [1.165, 1.54) is 12.8 Å². The molecule has 1 aromatic heterocycles. The molecule has 0 bridgehead atoms. The quantitative estimate of drug-likeness (QED) is 0.924. The molecule has 3 rings (SSSR count). The Kier molecular flexibility index (Phi) is 3.97. The highest BCUT2D eigenvalue weighted by molar-refractivity contribution is 5.74. The molecule has 6 nitrogen and oxygen atoms in total. The fourth-order valence-electron chi connectivity index (χ4n) is 3.80. The van der Waals surface area contributed by atoms with Gasteiger partial charge in [0.2, 0.25) is 5.89 Å². The van der Waals surface area contributed by atoms with Crippen LogP contribution in [0.1, 0.15) is 64.6 Å². The third-order valence-corrected chi connectivity index (χ3v) is 4.96. The smallest absolute Gasteiger partial charge is 0.320 e. The molecule has 0 unspecified atom stereocenters. The molecule has 1 saturated carbocycles. The summed E-state index contributed by atoms with van der Waals surface area (Å²) in [6, 6.07) is -0.0714. The summed E-state index contributed by atoms with van der Waals surface area (Å²) in [5, 5.41) is 13.6. The van der Waals surface area contributed by atoms with Crippen LogP contribution >= 0.6 is 0 Å². The number of aliphatic carboxylic acids is 1. The zero-order valence-corrected chi connectivity index (χ0v) is 13.6. The first kappa shape index (κ1) is 15.5. The standard InChI is InChI=1S/C16H25N3O3/c1-16(2,3)15-17-13(22-18-15)9-19-11-7-5-4-6-10(11)8-12(19)14(20)21/h10-12H,4-9H2,1-3H3,(H,20,21)/t10-,11+,12+/m1/s1. The van der Waals surface area contributed by atoms with Crippen molar-refractivity contribution >= 4 is 5.97 Å². The van der Waals surface area contributed by atoms with Gasteiger partial charge in [-0.05, 0) is 25.2 Å². The molecule has 2 heterocycles. The van der Waals surface area contributed by atoms with Crippen LogP contribution in [0.3, 0.4) is 0 Å². The highest BCUT2D eigenvalue weighted by Gasteiger charge is 2.45. The molecule has 0 aromatic carbocycles. The molecule has 0 spiro atoms. The van der Waals surface area contributed by atoms with Gasteiger partial charge in [-0.15, -0.1) is 0 Å². The summed E-state index contributed by atoms with van der Waals surface area (Å²) in [5.74, 6) is 0.973. The minimum atomic E-state index is -0.732. The van der Waals surface area contributed by atoms with Gasteiger partial charge >= 0.3 is 5.97 Å². The van der Waals surface area contributed by atoms with Crippen LogP contribution in [0.5, 0.6) is 0 Å². The zero-order valence-electron chi connectivity index (χ0n) is 13.6. The lowest BCUT2D eigenvalue weighted by atomic mass is 9.85. The summed E-state index contributed by atoms with van der Waals surface area (Å²) < 4.78 is 5.37. The number of fused-ring (bicyclic) bond motifs is 1. The van der Waals surface area contributed by atoms with E-state index in [0.29, 0.717) is 30.2 Å². The van der Waals surface area contributed by atoms with Crippen LogP contribution in [0.2, 0.25) is 0 Å². The largest absolute Gasteiger partial charge is 0.480 e. The number of nitrogens with zero attached hydrogens (tertiary/aromatic N) is 3. The van der Waals surface area contributed by atoms with E-state index in [-0.39, 0.29) is 5.41 Å². The number of aromatic nitrogens is 2. The van der Waals surface area contributed by atoms with Crippen molar-refractivity contribution in [2.45, 2.75) is 76.9 Å². The molecule has 6 heteroatoms. The normalized spacial score (nSPS) is 29.5. The first-order valence-corrected chi connectivity index (χ1v) is 8.18. The molecule has 2 fully saturated rings. The fraction of sp³-hybridized carbons (Fsp3) is 0.812. The second-order valence-electron chi connectivity index (χ2n) is 7.64. The van der Waals surface area contributed by atoms with Gasteiger partial charge in [-0.1, -0.05) is 38.8 Å². The predicted octanol–water partition coefficient (Wildman–Crippen LogP) is 2.58. The summed E-state index contributed by atoms with van der Waals surface area (Å²) in [6.07, 6.45) is 5.37. The van der Waals surface area contributed by atoms with E-state index in [9.17, 15) is 9.90 Å². The monoisotopic (exact) mass is 307 g/mol. The molecule has 1 aliphatic carbocycles. The van der Waals surface area contributed by atoms with Crippen molar-refractivity contribution in [1.29, 1.82) is 0 Å². The molecule has 0 amide bonds. The number of carboxylic acids is 1. The van der Waals surface area contributed by atoms with E-state index in [2.05, 4.69) is 15.0 Å². The minimum absolute atomic E-state index is 0.160. The Bertz CT molecular complexity index is 549. The summed E-state index contributed by atoms with van der Waals surface area (Å²) >= 11 is 0. The summed E-state index contributed by atoms with van der Waals surface area (Å²) in [6.45, 7) is 6.55. The molecule has 1 saturated heterocycles. The Morgan fingerprint density at radius 1 is 1.36 bits per heavy atom. The summed E-state index contributed by atoms with van der Waals surface area (Å²) in [7, 11) is 0. The number of likely N-dealkylation sites (tertiary alicyclic amines) is 1. The number of hydrogen-bond acceptors (Lipinski definition) is 5. The molecule has 122 valence electrons. The van der Waals surface area contributed by atoms with Crippen LogP contribution in [0, 0.1) is 5.92 Å². The second-order valence-corrected chi connectivity index (χ2v) is 7.64.